The van der Waals surface area contributed by atoms with Gasteiger partial charge in [-0.2, -0.15) is 0 Å². The molecule has 118 valence electrons. The van der Waals surface area contributed by atoms with Crippen molar-refractivity contribution >= 4 is 46.2 Å². The van der Waals surface area contributed by atoms with E-state index < -0.39 is 10.0 Å². The molecule has 0 unspecified atom stereocenters. The van der Waals surface area contributed by atoms with Gasteiger partial charge in [0.25, 0.3) is 0 Å². The first-order chi connectivity index (χ1) is 8.68. The van der Waals surface area contributed by atoms with Crippen molar-refractivity contribution < 1.29 is 8.42 Å². The van der Waals surface area contributed by atoms with Gasteiger partial charge >= 0.3 is 0 Å². The lowest BCUT2D eigenvalue weighted by Crippen LogP contribution is -2.44. The van der Waals surface area contributed by atoms with Gasteiger partial charge in [-0.15, -0.1) is 36.2 Å². The second-order valence-corrected chi connectivity index (χ2v) is 7.22. The van der Waals surface area contributed by atoms with Crippen molar-refractivity contribution in [1.29, 1.82) is 0 Å². The Morgan fingerprint density at radius 3 is 2.60 bits per heavy atom. The van der Waals surface area contributed by atoms with Crippen LogP contribution >= 0.6 is 36.2 Å². The summed E-state index contributed by atoms with van der Waals surface area (Å²) in [5.74, 6) is 0. The Morgan fingerprint density at radius 2 is 2.00 bits per heavy atom. The van der Waals surface area contributed by atoms with E-state index in [4.69, 9.17) is 0 Å². The van der Waals surface area contributed by atoms with Crippen LogP contribution in [0.5, 0.6) is 0 Å². The summed E-state index contributed by atoms with van der Waals surface area (Å²) >= 11 is 1.25. The van der Waals surface area contributed by atoms with Crippen molar-refractivity contribution in [1.82, 2.24) is 14.9 Å². The van der Waals surface area contributed by atoms with Gasteiger partial charge in [0.1, 0.15) is 4.21 Å². The maximum Gasteiger partial charge on any atom is 0.250 e. The first-order valence-electron chi connectivity index (χ1n) is 6.15. The predicted molar refractivity (Wildman–Crippen MR) is 87.9 cm³/mol. The third-order valence-corrected chi connectivity index (χ3v) is 5.77. The van der Waals surface area contributed by atoms with Crippen LogP contribution in [0, 0.1) is 0 Å². The van der Waals surface area contributed by atoms with E-state index >= 15 is 0 Å². The second-order valence-electron chi connectivity index (χ2n) is 4.28. The van der Waals surface area contributed by atoms with Gasteiger partial charge in [0.15, 0.2) is 0 Å². The third kappa shape index (κ3) is 6.26. The fourth-order valence-electron chi connectivity index (χ4n) is 1.93. The highest BCUT2D eigenvalue weighted by Crippen LogP contribution is 2.14. The Bertz CT molecular complexity index is 448. The zero-order chi connectivity index (χ0) is 12.8. The maximum absolute atomic E-state index is 11.8. The van der Waals surface area contributed by atoms with E-state index in [1.807, 2.05) is 0 Å². The number of hydrogen-bond donors (Lipinski definition) is 2. The summed E-state index contributed by atoms with van der Waals surface area (Å²) in [4.78, 5) is 2.36. The summed E-state index contributed by atoms with van der Waals surface area (Å²) in [7, 11) is -3.28. The van der Waals surface area contributed by atoms with Crippen LogP contribution in [0.15, 0.2) is 21.7 Å². The molecule has 0 amide bonds. The van der Waals surface area contributed by atoms with Crippen molar-refractivity contribution in [2.24, 2.45) is 0 Å². The molecule has 5 nitrogen and oxygen atoms in total. The number of thiophene rings is 1. The molecule has 0 aromatic carbocycles. The molecule has 2 rings (SSSR count). The molecule has 0 bridgehead atoms. The van der Waals surface area contributed by atoms with Gasteiger partial charge in [-0.25, -0.2) is 13.1 Å². The van der Waals surface area contributed by atoms with E-state index in [0.717, 1.165) is 39.1 Å². The average molecular weight is 362 g/mol. The molecule has 0 aliphatic carbocycles. The monoisotopic (exact) mass is 361 g/mol. The quantitative estimate of drug-likeness (QED) is 0.746. The minimum absolute atomic E-state index is 0. The molecule has 0 radical (unpaired) electrons. The van der Waals surface area contributed by atoms with E-state index in [0.29, 0.717) is 10.8 Å². The van der Waals surface area contributed by atoms with Crippen molar-refractivity contribution in [3.63, 3.8) is 0 Å². The van der Waals surface area contributed by atoms with E-state index in [1.165, 1.54) is 11.3 Å². The normalized spacial score (nSPS) is 16.2. The molecular formula is C11H21Cl2N3O2S2. The SMILES string of the molecule is Cl.Cl.O=S(=O)(NCCCN1CCNCC1)c1cccs1. The van der Waals surface area contributed by atoms with E-state index in [2.05, 4.69) is 14.9 Å². The zero-order valence-corrected chi connectivity index (χ0v) is 14.3. The minimum Gasteiger partial charge on any atom is -0.314 e. The highest BCUT2D eigenvalue weighted by molar-refractivity contribution is 7.91. The van der Waals surface area contributed by atoms with Gasteiger partial charge in [-0.3, -0.25) is 0 Å². The first kappa shape index (κ1) is 20.1. The fraction of sp³-hybridized carbons (Fsp3) is 0.636. The molecule has 1 fully saturated rings. The van der Waals surface area contributed by atoms with Crippen molar-refractivity contribution in [2.45, 2.75) is 10.6 Å². The van der Waals surface area contributed by atoms with Gasteiger partial charge in [-0.1, -0.05) is 6.07 Å². The Morgan fingerprint density at radius 1 is 1.30 bits per heavy atom. The van der Waals surface area contributed by atoms with Crippen LogP contribution in [0.3, 0.4) is 0 Å². The van der Waals surface area contributed by atoms with Crippen LogP contribution < -0.4 is 10.0 Å². The molecule has 1 aromatic heterocycles. The van der Waals surface area contributed by atoms with Crippen LogP contribution in [0.4, 0.5) is 0 Å². The topological polar surface area (TPSA) is 61.4 Å². The number of hydrogen-bond acceptors (Lipinski definition) is 5. The smallest absolute Gasteiger partial charge is 0.250 e. The number of rotatable bonds is 6. The van der Waals surface area contributed by atoms with Crippen LogP contribution in [0.1, 0.15) is 6.42 Å². The lowest BCUT2D eigenvalue weighted by atomic mass is 10.3. The van der Waals surface area contributed by atoms with Crippen molar-refractivity contribution in [2.75, 3.05) is 39.3 Å². The van der Waals surface area contributed by atoms with Crippen molar-refractivity contribution in [3.8, 4) is 0 Å². The van der Waals surface area contributed by atoms with Crippen molar-refractivity contribution in [3.05, 3.63) is 17.5 Å². The van der Waals surface area contributed by atoms with Gasteiger partial charge in [0, 0.05) is 32.7 Å². The predicted octanol–water partition coefficient (Wildman–Crippen LogP) is 1.17. The highest BCUT2D eigenvalue weighted by Gasteiger charge is 2.14. The first-order valence-corrected chi connectivity index (χ1v) is 8.51. The molecule has 20 heavy (non-hydrogen) atoms. The molecule has 0 spiro atoms. The molecular weight excluding hydrogens is 341 g/mol. The van der Waals surface area contributed by atoms with Crippen LogP contribution in [0.25, 0.3) is 0 Å². The molecule has 1 aliphatic rings. The number of nitrogens with zero attached hydrogens (tertiary/aromatic N) is 1. The molecule has 2 heterocycles. The summed E-state index contributed by atoms with van der Waals surface area (Å²) in [6.07, 6.45) is 0.852. The zero-order valence-electron chi connectivity index (χ0n) is 11.1. The number of sulfonamides is 1. The van der Waals surface area contributed by atoms with Gasteiger partial charge < -0.3 is 10.2 Å². The van der Waals surface area contributed by atoms with Crippen LogP contribution in [-0.2, 0) is 10.0 Å². The third-order valence-electron chi connectivity index (χ3n) is 2.91. The lowest BCUT2D eigenvalue weighted by Gasteiger charge is -2.26. The molecule has 1 aromatic rings. The van der Waals surface area contributed by atoms with Gasteiger partial charge in [-0.05, 0) is 24.4 Å². The van der Waals surface area contributed by atoms with Crippen LogP contribution in [-0.4, -0.2) is 52.6 Å². The summed E-state index contributed by atoms with van der Waals surface area (Å²) < 4.78 is 26.7. The standard InChI is InChI=1S/C11H19N3O2S2.2ClH/c15-18(16,11-3-1-10-17-11)13-4-2-7-14-8-5-12-6-9-14;;/h1,3,10,12-13H,2,4-9H2;2*1H. The molecule has 1 aliphatic heterocycles. The molecule has 0 saturated carbocycles. The number of piperazine rings is 1. The Hall–Kier alpha value is 0.110. The molecule has 2 N–H and O–H groups in total. The van der Waals surface area contributed by atoms with E-state index in [1.54, 1.807) is 17.5 Å². The average Bonchev–Trinajstić information content (AvgIpc) is 2.91. The van der Waals surface area contributed by atoms with Crippen LogP contribution in [0.2, 0.25) is 0 Å². The molecule has 0 atom stereocenters. The molecule has 9 heteroatoms. The minimum atomic E-state index is -3.28. The second kappa shape index (κ2) is 9.94. The lowest BCUT2D eigenvalue weighted by molar-refractivity contribution is 0.239. The Balaban J connectivity index is 0.00000180. The largest absolute Gasteiger partial charge is 0.314 e. The summed E-state index contributed by atoms with van der Waals surface area (Å²) in [5.41, 5.74) is 0. The Labute approximate surface area is 137 Å². The van der Waals surface area contributed by atoms with E-state index in [-0.39, 0.29) is 24.8 Å². The fourth-order valence-corrected chi connectivity index (χ4v) is 4.04. The summed E-state index contributed by atoms with van der Waals surface area (Å²) in [6.45, 7) is 5.62. The van der Waals surface area contributed by atoms with E-state index in [9.17, 15) is 8.42 Å². The maximum atomic E-state index is 11.8. The Kier molecular flexibility index (Phi) is 10.00. The van der Waals surface area contributed by atoms with Gasteiger partial charge in [0.2, 0.25) is 10.0 Å². The molecule has 1 saturated heterocycles. The summed E-state index contributed by atoms with van der Waals surface area (Å²) in [5, 5.41) is 5.07. The highest BCUT2D eigenvalue weighted by atomic mass is 35.5. The summed E-state index contributed by atoms with van der Waals surface area (Å²) in [6, 6.07) is 3.38. The van der Waals surface area contributed by atoms with Gasteiger partial charge in [0.05, 0.1) is 0 Å². The number of nitrogens with one attached hydrogen (secondary N) is 2. The number of halogens is 2.